The Morgan fingerprint density at radius 3 is 2.83 bits per heavy atom. The van der Waals surface area contributed by atoms with Crippen LogP contribution in [-0.4, -0.2) is 31.6 Å². The van der Waals surface area contributed by atoms with Crippen LogP contribution in [-0.2, 0) is 16.4 Å². The summed E-state index contributed by atoms with van der Waals surface area (Å²) in [5, 5.41) is 0.209. The van der Waals surface area contributed by atoms with E-state index in [1.54, 1.807) is 11.8 Å². The molecule has 0 saturated heterocycles. The van der Waals surface area contributed by atoms with Gasteiger partial charge in [-0.05, 0) is 44.0 Å². The molecule has 0 saturated carbocycles. The molecule has 1 aromatic heterocycles. The molecule has 1 aliphatic heterocycles. The molecule has 2 aromatic rings. The van der Waals surface area contributed by atoms with Crippen molar-refractivity contribution in [1.29, 1.82) is 0 Å². The number of amides is 1. The van der Waals surface area contributed by atoms with Crippen molar-refractivity contribution in [3.63, 3.8) is 0 Å². The number of rotatable bonds is 3. The Labute approximate surface area is 153 Å². The van der Waals surface area contributed by atoms with Crippen LogP contribution in [0, 0.1) is 6.92 Å². The van der Waals surface area contributed by atoms with E-state index in [0.29, 0.717) is 10.6 Å². The Morgan fingerprint density at radius 2 is 2.17 bits per heavy atom. The zero-order valence-corrected chi connectivity index (χ0v) is 16.5. The fourth-order valence-electron chi connectivity index (χ4n) is 2.82. The van der Waals surface area contributed by atoms with Crippen molar-refractivity contribution in [2.24, 2.45) is 0 Å². The number of aromatic nitrogens is 1. The minimum Gasteiger partial charge on any atom is -0.304 e. The van der Waals surface area contributed by atoms with Crippen molar-refractivity contribution < 1.29 is 13.2 Å². The van der Waals surface area contributed by atoms with Gasteiger partial charge >= 0.3 is 0 Å². The van der Waals surface area contributed by atoms with Crippen LogP contribution in [0.1, 0.15) is 27.9 Å². The highest BCUT2D eigenvalue weighted by Crippen LogP contribution is 2.36. The molecule has 0 unspecified atom stereocenters. The largest absolute Gasteiger partial charge is 0.304 e. The molecule has 2 heterocycles. The van der Waals surface area contributed by atoms with E-state index in [4.69, 9.17) is 0 Å². The zero-order chi connectivity index (χ0) is 17.6. The van der Waals surface area contributed by atoms with Crippen molar-refractivity contribution >= 4 is 54.0 Å². The first kappa shape index (κ1) is 17.4. The van der Waals surface area contributed by atoms with Crippen LogP contribution in [0.4, 0.5) is 10.8 Å². The Balaban J connectivity index is 1.96. The molecule has 0 fully saturated rings. The molecule has 0 radical (unpaired) electrons. The summed E-state index contributed by atoms with van der Waals surface area (Å²) in [6, 6.07) is 5.89. The summed E-state index contributed by atoms with van der Waals surface area (Å²) in [6.45, 7) is 3.71. The topological polar surface area (TPSA) is 79.4 Å². The third-order valence-corrected chi connectivity index (χ3v) is 5.99. The first-order valence-electron chi connectivity index (χ1n) is 7.23. The summed E-state index contributed by atoms with van der Waals surface area (Å²) in [5.74, 6) is -0.153. The van der Waals surface area contributed by atoms with Gasteiger partial charge in [0.25, 0.3) is 5.91 Å². The fraction of sp³-hybridized carbons (Fsp3) is 0.333. The highest BCUT2D eigenvalue weighted by Gasteiger charge is 2.33. The number of fused-ring (bicyclic) bond motifs is 1. The lowest BCUT2D eigenvalue weighted by molar-refractivity contribution is 0.0984. The Hall–Kier alpha value is -1.45. The van der Waals surface area contributed by atoms with E-state index in [2.05, 4.69) is 25.6 Å². The van der Waals surface area contributed by atoms with Crippen LogP contribution >= 0.6 is 27.3 Å². The molecule has 128 valence electrons. The van der Waals surface area contributed by atoms with Gasteiger partial charge in [-0.3, -0.25) is 9.52 Å². The molecule has 0 spiro atoms. The summed E-state index contributed by atoms with van der Waals surface area (Å²) < 4.78 is 26.0. The Kier molecular flexibility index (Phi) is 4.43. The zero-order valence-electron chi connectivity index (χ0n) is 13.3. The predicted molar refractivity (Wildman–Crippen MR) is 99.4 cm³/mol. The number of nitrogens with one attached hydrogen (secondary N) is 1. The third kappa shape index (κ3) is 3.33. The van der Waals surface area contributed by atoms with Crippen molar-refractivity contribution in [2.45, 2.75) is 26.3 Å². The van der Waals surface area contributed by atoms with Gasteiger partial charge in [0.15, 0.2) is 5.13 Å². The standard InChI is InChI=1S/C15H16BrN3O3S2/c1-8-6-10-7-11(16)4-5-12(10)19(8)14(20)13-9(2)17-15(23-13)18-24(3,21)22/h4-5,7-8H,6H2,1-3H3,(H,17,18)/t8-/m1/s1. The second-order valence-corrected chi connectivity index (χ2v) is 9.47. The average Bonchev–Trinajstić information content (AvgIpc) is 2.95. The van der Waals surface area contributed by atoms with Gasteiger partial charge in [-0.1, -0.05) is 27.3 Å². The normalized spacial score (nSPS) is 17.0. The van der Waals surface area contributed by atoms with Crippen LogP contribution in [0.15, 0.2) is 22.7 Å². The number of benzene rings is 1. The molecule has 0 bridgehead atoms. The van der Waals surface area contributed by atoms with Crippen molar-refractivity contribution in [1.82, 2.24) is 4.98 Å². The van der Waals surface area contributed by atoms with Gasteiger partial charge in [0, 0.05) is 16.2 Å². The number of sulfonamides is 1. The summed E-state index contributed by atoms with van der Waals surface area (Å²) in [6.07, 6.45) is 1.84. The molecular formula is C15H16BrN3O3S2. The number of hydrogen-bond donors (Lipinski definition) is 1. The van der Waals surface area contributed by atoms with E-state index in [9.17, 15) is 13.2 Å². The third-order valence-electron chi connectivity index (χ3n) is 3.74. The van der Waals surface area contributed by atoms with Gasteiger partial charge in [-0.15, -0.1) is 0 Å². The maximum absolute atomic E-state index is 13.0. The lowest BCUT2D eigenvalue weighted by Crippen LogP contribution is -2.35. The molecule has 1 aromatic carbocycles. The molecule has 0 aliphatic carbocycles. The number of carbonyl (C=O) groups excluding carboxylic acids is 1. The van der Waals surface area contributed by atoms with Crippen LogP contribution in [0.3, 0.4) is 0 Å². The lowest BCUT2D eigenvalue weighted by Gasteiger charge is -2.22. The molecule has 1 atom stereocenters. The average molecular weight is 430 g/mol. The van der Waals surface area contributed by atoms with E-state index in [0.717, 1.165) is 39.7 Å². The van der Waals surface area contributed by atoms with Crippen LogP contribution in [0.5, 0.6) is 0 Å². The van der Waals surface area contributed by atoms with Crippen LogP contribution in [0.2, 0.25) is 0 Å². The van der Waals surface area contributed by atoms with Gasteiger partial charge in [0.1, 0.15) is 4.88 Å². The molecule has 1 aliphatic rings. The SMILES string of the molecule is Cc1nc(NS(C)(=O)=O)sc1C(=O)N1c2ccc(Br)cc2C[C@H]1C. The van der Waals surface area contributed by atoms with Crippen molar-refractivity contribution in [2.75, 3.05) is 15.9 Å². The molecule has 1 N–H and O–H groups in total. The van der Waals surface area contributed by atoms with Gasteiger partial charge in [-0.25, -0.2) is 13.4 Å². The van der Waals surface area contributed by atoms with E-state index < -0.39 is 10.0 Å². The van der Waals surface area contributed by atoms with Gasteiger partial charge in [0.2, 0.25) is 10.0 Å². The predicted octanol–water partition coefficient (Wildman–Crippen LogP) is 3.18. The maximum atomic E-state index is 13.0. The smallest absolute Gasteiger partial charge is 0.270 e. The number of carbonyl (C=O) groups is 1. The molecule has 6 nitrogen and oxygen atoms in total. The molecule has 24 heavy (non-hydrogen) atoms. The monoisotopic (exact) mass is 429 g/mol. The molecule has 9 heteroatoms. The summed E-state index contributed by atoms with van der Waals surface area (Å²) in [5.41, 5.74) is 2.52. The molecular weight excluding hydrogens is 414 g/mol. The minimum absolute atomic E-state index is 0.0367. The van der Waals surface area contributed by atoms with Crippen molar-refractivity contribution in [3.8, 4) is 0 Å². The maximum Gasteiger partial charge on any atom is 0.270 e. The van der Waals surface area contributed by atoms with Gasteiger partial charge < -0.3 is 4.90 Å². The summed E-state index contributed by atoms with van der Waals surface area (Å²) >= 11 is 4.51. The lowest BCUT2D eigenvalue weighted by atomic mass is 10.1. The van der Waals surface area contributed by atoms with E-state index in [1.807, 2.05) is 25.1 Å². The quantitative estimate of drug-likeness (QED) is 0.812. The fourth-order valence-corrected chi connectivity index (χ4v) is 4.96. The number of thiazole rings is 1. The number of anilines is 2. The Morgan fingerprint density at radius 1 is 1.46 bits per heavy atom. The molecule has 1 amide bonds. The first-order valence-corrected chi connectivity index (χ1v) is 10.7. The summed E-state index contributed by atoms with van der Waals surface area (Å²) in [7, 11) is -3.42. The van der Waals surface area contributed by atoms with Gasteiger partial charge in [-0.2, -0.15) is 0 Å². The molecule has 3 rings (SSSR count). The number of aryl methyl sites for hydroxylation is 1. The van der Waals surface area contributed by atoms with E-state index >= 15 is 0 Å². The minimum atomic E-state index is -3.42. The van der Waals surface area contributed by atoms with Crippen LogP contribution < -0.4 is 9.62 Å². The summed E-state index contributed by atoms with van der Waals surface area (Å²) in [4.78, 5) is 19.4. The first-order chi connectivity index (χ1) is 11.2. The number of hydrogen-bond acceptors (Lipinski definition) is 5. The highest BCUT2D eigenvalue weighted by atomic mass is 79.9. The van der Waals surface area contributed by atoms with Crippen molar-refractivity contribution in [3.05, 3.63) is 38.8 Å². The highest BCUT2D eigenvalue weighted by molar-refractivity contribution is 9.10. The second-order valence-electron chi connectivity index (χ2n) is 5.81. The number of nitrogens with zero attached hydrogens (tertiary/aromatic N) is 2. The van der Waals surface area contributed by atoms with E-state index in [-0.39, 0.29) is 17.1 Å². The van der Waals surface area contributed by atoms with Crippen LogP contribution in [0.25, 0.3) is 0 Å². The Bertz CT molecular complexity index is 924. The number of halogens is 1. The van der Waals surface area contributed by atoms with E-state index in [1.165, 1.54) is 0 Å². The van der Waals surface area contributed by atoms with Gasteiger partial charge in [0.05, 0.1) is 11.9 Å². The second kappa shape index (κ2) is 6.12.